The van der Waals surface area contributed by atoms with E-state index in [-0.39, 0.29) is 37.5 Å². The van der Waals surface area contributed by atoms with E-state index in [4.69, 9.17) is 43.6 Å². The highest BCUT2D eigenvalue weighted by Gasteiger charge is 2.41. The fraction of sp³-hybridized carbons (Fsp3) is 0.592. The average molecular weight is 925 g/mol. The number of morpholine rings is 1. The number of aliphatic hydroxyl groups excluding tert-OH is 3. The maximum Gasteiger partial charge on any atom is 0.164 e. The molecule has 0 amide bonds. The van der Waals surface area contributed by atoms with Crippen LogP contribution in [0, 0.1) is 6.92 Å². The van der Waals surface area contributed by atoms with Gasteiger partial charge in [-0.3, -0.25) is 0 Å². The molecule has 18 heteroatoms. The predicted octanol–water partition coefficient (Wildman–Crippen LogP) is 3.32. The molecule has 5 fully saturated rings. The Morgan fingerprint density at radius 3 is 2.21 bits per heavy atom. The van der Waals surface area contributed by atoms with E-state index < -0.39 is 12.2 Å². The molecular formula is C49H68N10O8. The zero-order valence-corrected chi connectivity index (χ0v) is 39.1. The lowest BCUT2D eigenvalue weighted by Gasteiger charge is -2.32. The van der Waals surface area contributed by atoms with Gasteiger partial charge in [0, 0.05) is 81.1 Å². The molecule has 0 radical (unpaired) electrons. The Balaban J connectivity index is 1.05. The number of likely N-dealkylation sites (N-methyl/N-ethyl adjacent to an activating group) is 2. The molecule has 4 aliphatic heterocycles. The molecule has 1 saturated carbocycles. The topological polar surface area (TPSA) is 204 Å². The number of ether oxygens (including phenoxy) is 5. The van der Waals surface area contributed by atoms with E-state index in [2.05, 4.69) is 49.7 Å². The van der Waals surface area contributed by atoms with Crippen molar-refractivity contribution in [3.63, 3.8) is 0 Å². The third-order valence-corrected chi connectivity index (χ3v) is 13.2. The quantitative estimate of drug-likeness (QED) is 0.0753. The third-order valence-electron chi connectivity index (χ3n) is 13.2. The summed E-state index contributed by atoms with van der Waals surface area (Å²) in [5, 5.41) is 41.0. The number of nitrogens with zero attached hydrogens (tertiary/aromatic N) is 7. The van der Waals surface area contributed by atoms with Crippen LogP contribution in [0.25, 0.3) is 22.8 Å². The smallest absolute Gasteiger partial charge is 0.164 e. The van der Waals surface area contributed by atoms with Gasteiger partial charge in [0.2, 0.25) is 0 Å². The van der Waals surface area contributed by atoms with Crippen LogP contribution in [-0.4, -0.2) is 171 Å². The van der Waals surface area contributed by atoms with Crippen molar-refractivity contribution in [3.05, 3.63) is 59.7 Å². The van der Waals surface area contributed by atoms with Gasteiger partial charge in [-0.05, 0) is 83.0 Å². The largest absolute Gasteiger partial charge is 0.491 e. The summed E-state index contributed by atoms with van der Waals surface area (Å²) in [6.45, 7) is 9.05. The summed E-state index contributed by atoms with van der Waals surface area (Å²) < 4.78 is 30.6. The van der Waals surface area contributed by atoms with Crippen LogP contribution in [0.5, 0.6) is 11.5 Å². The highest BCUT2D eigenvalue weighted by molar-refractivity contribution is 5.71. The lowest BCUT2D eigenvalue weighted by atomic mass is 9.97. The van der Waals surface area contributed by atoms with Crippen LogP contribution in [0.15, 0.2) is 48.5 Å². The number of aliphatic hydroxyl groups is 3. The minimum Gasteiger partial charge on any atom is -0.491 e. The first-order chi connectivity index (χ1) is 32.7. The first-order valence-corrected chi connectivity index (χ1v) is 24.2. The van der Waals surface area contributed by atoms with Crippen molar-refractivity contribution in [1.29, 1.82) is 0 Å². The van der Waals surface area contributed by atoms with E-state index in [9.17, 15) is 15.3 Å². The van der Waals surface area contributed by atoms with Crippen molar-refractivity contribution in [2.45, 2.75) is 88.0 Å². The molecule has 4 aromatic rings. The fourth-order valence-corrected chi connectivity index (χ4v) is 9.48. The van der Waals surface area contributed by atoms with Crippen LogP contribution in [0.1, 0.15) is 55.8 Å². The monoisotopic (exact) mass is 925 g/mol. The molecule has 6 N–H and O–H groups in total. The predicted molar refractivity (Wildman–Crippen MR) is 256 cm³/mol. The van der Waals surface area contributed by atoms with Crippen LogP contribution >= 0.6 is 0 Å². The molecule has 2 aromatic heterocycles. The zero-order valence-electron chi connectivity index (χ0n) is 39.1. The first-order valence-electron chi connectivity index (χ1n) is 24.2. The van der Waals surface area contributed by atoms with Crippen molar-refractivity contribution in [1.82, 2.24) is 30.6 Å². The third kappa shape index (κ3) is 11.7. The summed E-state index contributed by atoms with van der Waals surface area (Å²) in [5.41, 5.74) is 3.53. The Hall–Kier alpha value is -4.92. The van der Waals surface area contributed by atoms with Gasteiger partial charge in [0.25, 0.3) is 0 Å². The molecule has 362 valence electrons. The fourth-order valence-electron chi connectivity index (χ4n) is 9.48. The highest BCUT2D eigenvalue weighted by Crippen LogP contribution is 2.44. The number of benzene rings is 2. The minimum absolute atomic E-state index is 0.00968. The van der Waals surface area contributed by atoms with Gasteiger partial charge in [0.1, 0.15) is 60.2 Å². The van der Waals surface area contributed by atoms with Gasteiger partial charge in [-0.1, -0.05) is 18.2 Å². The molecule has 1 aliphatic carbocycles. The Bertz CT molecular complexity index is 2250. The molecule has 2 aromatic carbocycles. The Kier molecular flexibility index (Phi) is 15.5. The second-order valence-corrected chi connectivity index (χ2v) is 18.4. The van der Waals surface area contributed by atoms with Gasteiger partial charge in [0.15, 0.2) is 11.6 Å². The Morgan fingerprint density at radius 1 is 0.761 bits per heavy atom. The van der Waals surface area contributed by atoms with Crippen molar-refractivity contribution >= 4 is 23.3 Å². The molecule has 5 unspecified atom stereocenters. The van der Waals surface area contributed by atoms with Gasteiger partial charge in [-0.15, -0.1) is 0 Å². The SMILES string of the molecule is CNCC(O)COc1cccc(-c2nc(N3CCOCC3)cc(N(C3CC3)C3COC(c4ccc(OCC(O)CNC)cc4-c4nc(NC5CCOC5)c(C)c(N5CCC(O)CC5)n4)C3)n2)c1. The summed E-state index contributed by atoms with van der Waals surface area (Å²) in [4.78, 5) is 28.0. The lowest BCUT2D eigenvalue weighted by Crippen LogP contribution is -2.40. The molecule has 5 aliphatic rings. The maximum atomic E-state index is 10.6. The van der Waals surface area contributed by atoms with Gasteiger partial charge < -0.3 is 69.7 Å². The lowest BCUT2D eigenvalue weighted by molar-refractivity contribution is 0.107. The normalized spacial score (nSPS) is 22.2. The maximum absolute atomic E-state index is 10.6. The molecule has 67 heavy (non-hydrogen) atoms. The van der Waals surface area contributed by atoms with Crippen molar-refractivity contribution < 1.29 is 39.0 Å². The summed E-state index contributed by atoms with van der Waals surface area (Å²) in [5.74, 6) is 5.68. The number of piperidine rings is 1. The Morgan fingerprint density at radius 2 is 1.51 bits per heavy atom. The van der Waals surface area contributed by atoms with Crippen molar-refractivity contribution in [2.24, 2.45) is 0 Å². The van der Waals surface area contributed by atoms with Crippen LogP contribution in [-0.2, 0) is 14.2 Å². The van der Waals surface area contributed by atoms with Crippen molar-refractivity contribution in [3.8, 4) is 34.3 Å². The van der Waals surface area contributed by atoms with Crippen LogP contribution < -0.4 is 40.1 Å². The number of rotatable bonds is 20. The van der Waals surface area contributed by atoms with Gasteiger partial charge >= 0.3 is 0 Å². The van der Waals surface area contributed by atoms with Gasteiger partial charge in [-0.25, -0.2) is 19.9 Å². The van der Waals surface area contributed by atoms with E-state index >= 15 is 0 Å². The summed E-state index contributed by atoms with van der Waals surface area (Å²) in [6.07, 6.45) is 3.07. The number of hydrogen-bond acceptors (Lipinski definition) is 18. The average Bonchev–Trinajstić information content (AvgIpc) is 3.81. The number of nitrogens with one attached hydrogen (secondary N) is 3. The van der Waals surface area contributed by atoms with E-state index in [1.165, 1.54) is 0 Å². The van der Waals surface area contributed by atoms with E-state index in [1.807, 2.05) is 36.4 Å². The molecule has 18 nitrogen and oxygen atoms in total. The molecule has 6 heterocycles. The second-order valence-electron chi connectivity index (χ2n) is 18.4. The number of anilines is 4. The van der Waals surface area contributed by atoms with Gasteiger partial charge in [-0.2, -0.15) is 0 Å². The Labute approximate surface area is 393 Å². The summed E-state index contributed by atoms with van der Waals surface area (Å²) in [7, 11) is 3.60. The molecule has 5 atom stereocenters. The number of aromatic nitrogens is 4. The van der Waals surface area contributed by atoms with Gasteiger partial charge in [0.05, 0.1) is 50.7 Å². The molecule has 9 rings (SSSR count). The van der Waals surface area contributed by atoms with Crippen LogP contribution in [0.3, 0.4) is 0 Å². The highest BCUT2D eigenvalue weighted by atomic mass is 16.5. The van der Waals surface area contributed by atoms with E-state index in [1.54, 1.807) is 14.1 Å². The molecular weight excluding hydrogens is 857 g/mol. The van der Waals surface area contributed by atoms with E-state index in [0.717, 1.165) is 77.9 Å². The minimum atomic E-state index is -0.688. The van der Waals surface area contributed by atoms with Crippen molar-refractivity contribution in [2.75, 3.05) is 120 Å². The second kappa shape index (κ2) is 22.0. The first kappa shape index (κ1) is 47.2. The summed E-state index contributed by atoms with van der Waals surface area (Å²) >= 11 is 0. The zero-order chi connectivity index (χ0) is 46.3. The molecule has 0 bridgehead atoms. The number of hydrogen-bond donors (Lipinski definition) is 6. The van der Waals surface area contributed by atoms with E-state index in [0.29, 0.717) is 108 Å². The van der Waals surface area contributed by atoms with Crippen LogP contribution in [0.2, 0.25) is 0 Å². The standard InChI is InChI=1S/C49H68N10O8/c1-31-46(52-33-13-18-64-27-33)55-48(56-49(31)58-14-11-36(60)12-15-58)42-23-40(66-30-38(62)26-51-3)9-10-41(42)43-22-35(28-67-43)59(34-7-8-34)45-24-44(57-16-19-63-20-17-57)53-47(54-45)32-5-4-6-39(21-32)65-29-37(61)25-50-2/h4-6,9-10,21,23-24,33-38,43,50-51,60-62H,7-8,11-20,22,25-30H2,1-3H3,(H,52,55,56). The summed E-state index contributed by atoms with van der Waals surface area (Å²) in [6, 6.07) is 16.3. The van der Waals surface area contributed by atoms with Crippen LogP contribution in [0.4, 0.5) is 23.3 Å². The molecule has 0 spiro atoms. The molecule has 4 saturated heterocycles.